The second-order valence-electron chi connectivity index (χ2n) is 14.7. The van der Waals surface area contributed by atoms with E-state index in [0.29, 0.717) is 5.71 Å². The summed E-state index contributed by atoms with van der Waals surface area (Å²) in [5.41, 5.74) is 15.3. The van der Waals surface area contributed by atoms with Gasteiger partial charge in [0.05, 0.1) is 11.0 Å². The Labute approximate surface area is 327 Å². The van der Waals surface area contributed by atoms with Crippen LogP contribution in [0.25, 0.3) is 83.3 Å². The van der Waals surface area contributed by atoms with Crippen molar-refractivity contribution in [3.8, 4) is 16.8 Å². The van der Waals surface area contributed by atoms with Crippen molar-refractivity contribution in [2.45, 2.75) is 12.8 Å². The second kappa shape index (κ2) is 12.5. The summed E-state index contributed by atoms with van der Waals surface area (Å²) in [5.74, 6) is 0.808. The zero-order valence-electron chi connectivity index (χ0n) is 30.8. The molecule has 1 aliphatic rings. The van der Waals surface area contributed by atoms with Crippen molar-refractivity contribution in [2.24, 2.45) is 0 Å². The van der Waals surface area contributed by atoms with Crippen LogP contribution in [0.5, 0.6) is 0 Å². The van der Waals surface area contributed by atoms with E-state index in [0.717, 1.165) is 102 Å². The molecule has 12 rings (SSSR count). The molecule has 57 heavy (non-hydrogen) atoms. The number of allylic oxidation sites excluding steroid dienone is 4. The number of aromatic nitrogens is 3. The number of rotatable bonds is 6. The first-order valence-corrected chi connectivity index (χ1v) is 19.4. The van der Waals surface area contributed by atoms with Gasteiger partial charge in [-0.15, -0.1) is 0 Å². The zero-order chi connectivity index (χ0) is 37.5. The third-order valence-corrected chi connectivity index (χ3v) is 11.4. The van der Waals surface area contributed by atoms with Crippen LogP contribution in [0, 0.1) is 0 Å². The Kier molecular flexibility index (Phi) is 6.95. The van der Waals surface area contributed by atoms with Crippen LogP contribution in [0.2, 0.25) is 0 Å². The van der Waals surface area contributed by atoms with Crippen molar-refractivity contribution in [3.63, 3.8) is 0 Å². The van der Waals surface area contributed by atoms with Gasteiger partial charge in [-0.1, -0.05) is 103 Å². The van der Waals surface area contributed by atoms with Crippen molar-refractivity contribution >= 4 is 83.6 Å². The predicted molar refractivity (Wildman–Crippen MR) is 233 cm³/mol. The van der Waals surface area contributed by atoms with Gasteiger partial charge in [-0.05, 0) is 114 Å². The van der Waals surface area contributed by atoms with E-state index in [4.69, 9.17) is 13.8 Å². The quantitative estimate of drug-likeness (QED) is 0.171. The van der Waals surface area contributed by atoms with Gasteiger partial charge in [0, 0.05) is 38.9 Å². The minimum absolute atomic E-state index is 0.630. The highest BCUT2D eigenvalue weighted by molar-refractivity contribution is 6.12. The third-order valence-electron chi connectivity index (χ3n) is 11.4. The summed E-state index contributed by atoms with van der Waals surface area (Å²) in [7, 11) is 0. The smallest absolute Gasteiger partial charge is 0.248 e. The fourth-order valence-electron chi connectivity index (χ4n) is 8.77. The van der Waals surface area contributed by atoms with Gasteiger partial charge in [-0.25, -0.2) is 0 Å². The van der Waals surface area contributed by atoms with Crippen molar-refractivity contribution in [1.29, 1.82) is 0 Å². The van der Waals surface area contributed by atoms with E-state index in [1.54, 1.807) is 0 Å². The average Bonchev–Trinajstić information content (AvgIpc) is 4.02. The Bertz CT molecular complexity index is 3390. The van der Waals surface area contributed by atoms with Gasteiger partial charge in [-0.3, -0.25) is 8.97 Å². The van der Waals surface area contributed by atoms with Crippen LogP contribution in [0.1, 0.15) is 18.4 Å². The Morgan fingerprint density at radius 3 is 2.00 bits per heavy atom. The standard InChI is InChI=1S/C51H34N4O2/c1-3-12-33(13-4-1)34-22-26-37(27-23-34)53(38-28-24-35(25-29-38)40-18-11-21-47-48(40)41-16-7-9-19-45(41)56-47)39-30-31-43-44(32-39)54(36-14-5-2-6-15-36)51-52-50-49(55(43)51)42-17-8-10-20-46(42)57-50/h2-3,5-32H,1,4H2. The maximum atomic E-state index is 6.28. The van der Waals surface area contributed by atoms with E-state index in [1.807, 2.05) is 30.3 Å². The van der Waals surface area contributed by atoms with E-state index in [1.165, 1.54) is 11.1 Å². The second-order valence-corrected chi connectivity index (χ2v) is 14.7. The first-order valence-electron chi connectivity index (χ1n) is 19.4. The van der Waals surface area contributed by atoms with Gasteiger partial charge in [0.15, 0.2) is 0 Å². The molecule has 0 fully saturated rings. The zero-order valence-corrected chi connectivity index (χ0v) is 30.8. The molecule has 11 aromatic rings. The molecule has 6 heteroatoms. The molecule has 270 valence electrons. The van der Waals surface area contributed by atoms with E-state index in [2.05, 4.69) is 166 Å². The minimum atomic E-state index is 0.630. The summed E-state index contributed by atoms with van der Waals surface area (Å²) in [4.78, 5) is 7.46. The van der Waals surface area contributed by atoms with Gasteiger partial charge in [0.2, 0.25) is 11.5 Å². The van der Waals surface area contributed by atoms with E-state index < -0.39 is 0 Å². The number of imidazole rings is 2. The lowest BCUT2D eigenvalue weighted by Gasteiger charge is -2.26. The molecule has 0 saturated carbocycles. The highest BCUT2D eigenvalue weighted by Gasteiger charge is 2.23. The minimum Gasteiger partial charge on any atom is -0.456 e. The number of hydrogen-bond donors (Lipinski definition) is 0. The van der Waals surface area contributed by atoms with E-state index in [9.17, 15) is 0 Å². The van der Waals surface area contributed by atoms with Crippen LogP contribution in [-0.4, -0.2) is 14.0 Å². The van der Waals surface area contributed by atoms with Crippen molar-refractivity contribution in [3.05, 3.63) is 188 Å². The Morgan fingerprint density at radius 2 is 1.23 bits per heavy atom. The molecule has 0 amide bonds. The first-order chi connectivity index (χ1) is 28.3. The monoisotopic (exact) mass is 734 g/mol. The van der Waals surface area contributed by atoms with Crippen molar-refractivity contribution in [1.82, 2.24) is 14.0 Å². The fraction of sp³-hybridized carbons (Fsp3) is 0.0392. The molecule has 4 heterocycles. The highest BCUT2D eigenvalue weighted by atomic mass is 16.3. The van der Waals surface area contributed by atoms with Crippen molar-refractivity contribution < 1.29 is 8.83 Å². The largest absolute Gasteiger partial charge is 0.456 e. The van der Waals surface area contributed by atoms with Gasteiger partial charge in [0.25, 0.3) is 0 Å². The first kappa shape index (κ1) is 31.7. The molecule has 6 nitrogen and oxygen atoms in total. The molecule has 1 aliphatic carbocycles. The molecule has 7 aromatic carbocycles. The topological polar surface area (TPSA) is 51.8 Å². The average molecular weight is 735 g/mol. The van der Waals surface area contributed by atoms with Crippen LogP contribution >= 0.6 is 0 Å². The number of para-hydroxylation sites is 3. The number of hydrogen-bond acceptors (Lipinski definition) is 4. The SMILES string of the molecule is C1=CC(c2ccc(N(c3ccc(-c4cccc5oc6ccccc6c45)cc3)c3ccc4c(c3)n(-c3ccccc3)c3nc5oc6ccccc6c5n43)cc2)=CCC1. The summed E-state index contributed by atoms with van der Waals surface area (Å²) in [6, 6.07) is 57.8. The molecule has 0 aliphatic heterocycles. The van der Waals surface area contributed by atoms with E-state index >= 15 is 0 Å². The summed E-state index contributed by atoms with van der Waals surface area (Å²) < 4.78 is 17.0. The molecule has 0 saturated heterocycles. The van der Waals surface area contributed by atoms with Crippen LogP contribution in [0.15, 0.2) is 191 Å². The normalized spacial score (nSPS) is 13.2. The Morgan fingerprint density at radius 1 is 0.544 bits per heavy atom. The van der Waals surface area contributed by atoms with Crippen LogP contribution in [-0.2, 0) is 0 Å². The van der Waals surface area contributed by atoms with Crippen LogP contribution < -0.4 is 4.90 Å². The Balaban J connectivity index is 1.05. The van der Waals surface area contributed by atoms with Crippen LogP contribution in [0.4, 0.5) is 17.1 Å². The molecule has 0 unspecified atom stereocenters. The summed E-state index contributed by atoms with van der Waals surface area (Å²) in [5, 5.41) is 3.30. The van der Waals surface area contributed by atoms with Crippen LogP contribution in [0.3, 0.4) is 0 Å². The van der Waals surface area contributed by atoms with Gasteiger partial charge >= 0.3 is 0 Å². The van der Waals surface area contributed by atoms with Gasteiger partial charge < -0.3 is 13.7 Å². The molecule has 0 spiro atoms. The summed E-state index contributed by atoms with van der Waals surface area (Å²) in [6.45, 7) is 0. The molecule has 0 bridgehead atoms. The molecule has 0 radical (unpaired) electrons. The van der Waals surface area contributed by atoms with Gasteiger partial charge in [0.1, 0.15) is 22.3 Å². The highest BCUT2D eigenvalue weighted by Crippen LogP contribution is 2.42. The number of fused-ring (bicyclic) bond motifs is 10. The van der Waals surface area contributed by atoms with E-state index in [-0.39, 0.29) is 0 Å². The molecular formula is C51H34N4O2. The maximum absolute atomic E-state index is 6.28. The fourth-order valence-corrected chi connectivity index (χ4v) is 8.77. The summed E-state index contributed by atoms with van der Waals surface area (Å²) >= 11 is 0. The lowest BCUT2D eigenvalue weighted by atomic mass is 9.98. The number of benzene rings is 7. The third kappa shape index (κ3) is 4.94. The van der Waals surface area contributed by atoms with Crippen molar-refractivity contribution in [2.75, 3.05) is 4.90 Å². The lowest BCUT2D eigenvalue weighted by Crippen LogP contribution is -2.10. The maximum Gasteiger partial charge on any atom is 0.248 e. The molecule has 4 aromatic heterocycles. The lowest BCUT2D eigenvalue weighted by molar-refractivity contribution is 0.656. The van der Waals surface area contributed by atoms with Gasteiger partial charge in [-0.2, -0.15) is 4.98 Å². The number of furan rings is 2. The summed E-state index contributed by atoms with van der Waals surface area (Å²) in [6.07, 6.45) is 8.99. The number of anilines is 3. The predicted octanol–water partition coefficient (Wildman–Crippen LogP) is 13.9. The number of nitrogens with zero attached hydrogens (tertiary/aromatic N) is 4. The molecule has 0 atom stereocenters. The molecular weight excluding hydrogens is 701 g/mol. The Hall–Kier alpha value is -7.57. The molecule has 0 N–H and O–H groups in total.